The summed E-state index contributed by atoms with van der Waals surface area (Å²) in [6, 6.07) is 6.49. The smallest absolute Gasteiger partial charge is 0.141 e. The molecule has 0 spiro atoms. The number of nitrogen functional groups attached to an aromatic ring is 1. The summed E-state index contributed by atoms with van der Waals surface area (Å²) in [4.78, 5) is 11.2. The SMILES string of the molecule is Nc1cnc(-c2cc3ccc(F)cc3[nH]2)cn1. The van der Waals surface area contributed by atoms with E-state index >= 15 is 0 Å². The summed E-state index contributed by atoms with van der Waals surface area (Å²) in [6.07, 6.45) is 3.07. The molecule has 0 aliphatic rings. The summed E-state index contributed by atoms with van der Waals surface area (Å²) < 4.78 is 13.0. The molecule has 17 heavy (non-hydrogen) atoms. The lowest BCUT2D eigenvalue weighted by atomic mass is 10.2. The summed E-state index contributed by atoms with van der Waals surface area (Å²) in [5.41, 5.74) is 7.67. The van der Waals surface area contributed by atoms with Gasteiger partial charge in [0.15, 0.2) is 0 Å². The van der Waals surface area contributed by atoms with Gasteiger partial charge in [-0.25, -0.2) is 14.4 Å². The monoisotopic (exact) mass is 228 g/mol. The van der Waals surface area contributed by atoms with E-state index in [2.05, 4.69) is 15.0 Å². The van der Waals surface area contributed by atoms with Gasteiger partial charge in [-0.05, 0) is 24.3 Å². The molecule has 0 unspecified atom stereocenters. The first kappa shape index (κ1) is 9.77. The molecule has 0 bridgehead atoms. The van der Waals surface area contributed by atoms with Gasteiger partial charge >= 0.3 is 0 Å². The Hall–Kier alpha value is -2.43. The molecule has 4 nitrogen and oxygen atoms in total. The minimum absolute atomic E-state index is 0.269. The maximum absolute atomic E-state index is 13.0. The summed E-state index contributed by atoms with van der Waals surface area (Å²) in [5.74, 6) is 0.102. The predicted octanol–water partition coefficient (Wildman–Crippen LogP) is 2.35. The number of aromatic amines is 1. The van der Waals surface area contributed by atoms with Crippen LogP contribution in [-0.2, 0) is 0 Å². The van der Waals surface area contributed by atoms with Crippen LogP contribution in [0.3, 0.4) is 0 Å². The van der Waals surface area contributed by atoms with E-state index in [0.29, 0.717) is 11.5 Å². The fourth-order valence-electron chi connectivity index (χ4n) is 1.71. The molecule has 0 fully saturated rings. The van der Waals surface area contributed by atoms with Gasteiger partial charge in [-0.1, -0.05) is 0 Å². The Balaban J connectivity index is 2.14. The standard InChI is InChI=1S/C12H9FN4/c13-8-2-1-7-3-10(17-9(7)4-8)11-5-16-12(14)6-15-11/h1-6,17H,(H2,14,16). The first-order valence-electron chi connectivity index (χ1n) is 5.08. The molecule has 3 rings (SSSR count). The number of anilines is 1. The fraction of sp³-hybridized carbons (Fsp3) is 0. The van der Waals surface area contributed by atoms with Crippen LogP contribution in [0, 0.1) is 5.82 Å². The molecule has 0 radical (unpaired) electrons. The molecule has 0 saturated heterocycles. The number of benzene rings is 1. The van der Waals surface area contributed by atoms with Gasteiger partial charge < -0.3 is 10.7 Å². The number of rotatable bonds is 1. The summed E-state index contributed by atoms with van der Waals surface area (Å²) in [7, 11) is 0. The lowest BCUT2D eigenvalue weighted by Crippen LogP contribution is -1.92. The Morgan fingerprint density at radius 2 is 2.00 bits per heavy atom. The van der Waals surface area contributed by atoms with Crippen LogP contribution in [0.15, 0.2) is 36.7 Å². The summed E-state index contributed by atoms with van der Waals surface area (Å²) >= 11 is 0. The average Bonchev–Trinajstić information content (AvgIpc) is 2.72. The number of nitrogens with zero attached hydrogens (tertiary/aromatic N) is 2. The van der Waals surface area contributed by atoms with Crippen molar-refractivity contribution in [2.75, 3.05) is 5.73 Å². The van der Waals surface area contributed by atoms with Gasteiger partial charge in [0.25, 0.3) is 0 Å². The Labute approximate surface area is 96.3 Å². The van der Waals surface area contributed by atoms with Crippen LogP contribution in [0.2, 0.25) is 0 Å². The second kappa shape index (κ2) is 3.55. The zero-order chi connectivity index (χ0) is 11.8. The van der Waals surface area contributed by atoms with Crippen molar-refractivity contribution in [3.05, 3.63) is 42.5 Å². The van der Waals surface area contributed by atoms with Crippen molar-refractivity contribution in [1.82, 2.24) is 15.0 Å². The first-order valence-corrected chi connectivity index (χ1v) is 5.08. The van der Waals surface area contributed by atoms with E-state index < -0.39 is 0 Å². The third-order valence-corrected chi connectivity index (χ3v) is 2.53. The van der Waals surface area contributed by atoms with E-state index in [4.69, 9.17) is 5.73 Å². The van der Waals surface area contributed by atoms with Crippen molar-refractivity contribution >= 4 is 16.7 Å². The minimum atomic E-state index is -0.269. The summed E-state index contributed by atoms with van der Waals surface area (Å²) in [5, 5.41) is 0.931. The highest BCUT2D eigenvalue weighted by molar-refractivity contribution is 5.85. The number of aromatic nitrogens is 3. The van der Waals surface area contributed by atoms with Crippen molar-refractivity contribution in [3.63, 3.8) is 0 Å². The maximum Gasteiger partial charge on any atom is 0.141 e. The molecule has 1 aromatic carbocycles. The number of fused-ring (bicyclic) bond motifs is 1. The van der Waals surface area contributed by atoms with Gasteiger partial charge in [0.1, 0.15) is 17.3 Å². The number of halogens is 1. The van der Waals surface area contributed by atoms with Gasteiger partial charge in [0.2, 0.25) is 0 Å². The van der Waals surface area contributed by atoms with E-state index in [1.54, 1.807) is 12.3 Å². The van der Waals surface area contributed by atoms with Crippen molar-refractivity contribution in [1.29, 1.82) is 0 Å². The zero-order valence-corrected chi connectivity index (χ0v) is 8.81. The van der Waals surface area contributed by atoms with Gasteiger partial charge in [-0.2, -0.15) is 0 Å². The molecule has 5 heteroatoms. The lowest BCUT2D eigenvalue weighted by molar-refractivity contribution is 0.629. The van der Waals surface area contributed by atoms with Crippen LogP contribution in [0.4, 0.5) is 10.2 Å². The van der Waals surface area contributed by atoms with Crippen LogP contribution in [0.25, 0.3) is 22.3 Å². The quantitative estimate of drug-likeness (QED) is 0.671. The van der Waals surface area contributed by atoms with E-state index in [1.807, 2.05) is 6.07 Å². The van der Waals surface area contributed by atoms with Crippen molar-refractivity contribution in [2.24, 2.45) is 0 Å². The Kier molecular flexibility index (Phi) is 2.04. The van der Waals surface area contributed by atoms with Crippen LogP contribution < -0.4 is 5.73 Å². The summed E-state index contributed by atoms with van der Waals surface area (Å²) in [6.45, 7) is 0. The minimum Gasteiger partial charge on any atom is -0.382 e. The average molecular weight is 228 g/mol. The fourth-order valence-corrected chi connectivity index (χ4v) is 1.71. The van der Waals surface area contributed by atoms with Crippen LogP contribution >= 0.6 is 0 Å². The van der Waals surface area contributed by atoms with Gasteiger partial charge in [-0.15, -0.1) is 0 Å². The number of hydrogen-bond donors (Lipinski definition) is 2. The van der Waals surface area contributed by atoms with Crippen molar-refractivity contribution in [2.45, 2.75) is 0 Å². The second-order valence-corrected chi connectivity index (χ2v) is 3.74. The third kappa shape index (κ3) is 1.71. The van der Waals surface area contributed by atoms with Crippen molar-refractivity contribution in [3.8, 4) is 11.4 Å². The lowest BCUT2D eigenvalue weighted by Gasteiger charge is -1.96. The Morgan fingerprint density at radius 1 is 1.12 bits per heavy atom. The molecule has 3 aromatic rings. The van der Waals surface area contributed by atoms with Crippen molar-refractivity contribution < 1.29 is 4.39 Å². The molecule has 0 amide bonds. The van der Waals surface area contributed by atoms with E-state index in [1.165, 1.54) is 18.3 Å². The Morgan fingerprint density at radius 3 is 2.76 bits per heavy atom. The van der Waals surface area contributed by atoms with E-state index in [0.717, 1.165) is 16.6 Å². The number of hydrogen-bond acceptors (Lipinski definition) is 3. The van der Waals surface area contributed by atoms with Crippen LogP contribution in [-0.4, -0.2) is 15.0 Å². The second-order valence-electron chi connectivity index (χ2n) is 3.74. The number of nitrogens with two attached hydrogens (primary N) is 1. The Bertz CT molecular complexity index is 673. The maximum atomic E-state index is 13.0. The van der Waals surface area contributed by atoms with Gasteiger partial charge in [-0.3, -0.25) is 0 Å². The van der Waals surface area contributed by atoms with Gasteiger partial charge in [0, 0.05) is 10.9 Å². The zero-order valence-electron chi connectivity index (χ0n) is 8.81. The molecular weight excluding hydrogens is 219 g/mol. The van der Waals surface area contributed by atoms with E-state index in [9.17, 15) is 4.39 Å². The molecule has 3 N–H and O–H groups in total. The first-order chi connectivity index (χ1) is 8.22. The molecule has 0 saturated carbocycles. The largest absolute Gasteiger partial charge is 0.382 e. The molecule has 84 valence electrons. The van der Waals surface area contributed by atoms with Gasteiger partial charge in [0.05, 0.1) is 18.1 Å². The third-order valence-electron chi connectivity index (χ3n) is 2.53. The predicted molar refractivity (Wildman–Crippen MR) is 63.7 cm³/mol. The highest BCUT2D eigenvalue weighted by Crippen LogP contribution is 2.22. The van der Waals surface area contributed by atoms with Crippen LogP contribution in [0.5, 0.6) is 0 Å². The molecular formula is C12H9FN4. The van der Waals surface area contributed by atoms with Crippen LogP contribution in [0.1, 0.15) is 0 Å². The molecule has 0 atom stereocenters. The van der Waals surface area contributed by atoms with E-state index in [-0.39, 0.29) is 5.82 Å². The number of nitrogens with one attached hydrogen (secondary N) is 1. The molecule has 0 aliphatic carbocycles. The highest BCUT2D eigenvalue weighted by atomic mass is 19.1. The highest BCUT2D eigenvalue weighted by Gasteiger charge is 2.05. The normalized spacial score (nSPS) is 10.9. The topological polar surface area (TPSA) is 67.6 Å². The molecule has 2 heterocycles. The number of H-pyrrole nitrogens is 1. The molecule has 2 aromatic heterocycles. The molecule has 0 aliphatic heterocycles.